The van der Waals surface area contributed by atoms with E-state index < -0.39 is 11.3 Å². The largest absolute Gasteiger partial charge is 0.760 e. The van der Waals surface area contributed by atoms with Gasteiger partial charge in [-0.2, -0.15) is 9.97 Å². The van der Waals surface area contributed by atoms with Gasteiger partial charge >= 0.3 is 0 Å². The second kappa shape index (κ2) is 12.4. The molecule has 1 atom stereocenters. The van der Waals surface area contributed by atoms with Crippen molar-refractivity contribution in [3.8, 4) is 5.75 Å². The predicted octanol–water partition coefficient (Wildman–Crippen LogP) is 4.31. The summed E-state index contributed by atoms with van der Waals surface area (Å²) < 4.78 is 23.3. The number of nitrogens with one attached hydrogen (secondary N) is 3. The summed E-state index contributed by atoms with van der Waals surface area (Å²) in [6.07, 6.45) is 4.82. The molecular formula is C27H34N7O3S-. The minimum atomic E-state index is -2.36. The first kappa shape index (κ1) is 27.5. The van der Waals surface area contributed by atoms with Gasteiger partial charge in [-0.3, -0.25) is 9.35 Å². The van der Waals surface area contributed by atoms with Crippen LogP contribution in [0.25, 0.3) is 11.0 Å². The zero-order valence-electron chi connectivity index (χ0n) is 22.1. The smallest absolute Gasteiger partial charge is 0.231 e. The lowest BCUT2D eigenvalue weighted by Gasteiger charge is -2.26. The van der Waals surface area contributed by atoms with E-state index in [1.54, 1.807) is 7.11 Å². The van der Waals surface area contributed by atoms with Gasteiger partial charge in [-0.1, -0.05) is 32.0 Å². The van der Waals surface area contributed by atoms with E-state index in [0.717, 1.165) is 66.3 Å². The van der Waals surface area contributed by atoms with Crippen molar-refractivity contribution in [2.75, 3.05) is 31.3 Å². The van der Waals surface area contributed by atoms with Gasteiger partial charge in [0.25, 0.3) is 0 Å². The van der Waals surface area contributed by atoms with Crippen molar-refractivity contribution >= 4 is 45.4 Å². The van der Waals surface area contributed by atoms with Crippen LogP contribution in [-0.4, -0.2) is 49.3 Å². The quantitative estimate of drug-likeness (QED) is 0.256. The van der Waals surface area contributed by atoms with Gasteiger partial charge in [-0.05, 0) is 66.8 Å². The Morgan fingerprint density at radius 3 is 2.50 bits per heavy atom. The maximum Gasteiger partial charge on any atom is 0.231 e. The van der Waals surface area contributed by atoms with Crippen LogP contribution in [0.2, 0.25) is 0 Å². The van der Waals surface area contributed by atoms with E-state index >= 15 is 0 Å². The first-order chi connectivity index (χ1) is 18.3. The maximum atomic E-state index is 8.78. The van der Waals surface area contributed by atoms with E-state index in [-0.39, 0.29) is 0 Å². The van der Waals surface area contributed by atoms with Crippen molar-refractivity contribution in [3.63, 3.8) is 0 Å². The summed E-state index contributed by atoms with van der Waals surface area (Å²) in [5.41, 5.74) is 7.98. The van der Waals surface area contributed by atoms with Crippen LogP contribution < -0.4 is 20.5 Å². The SMILES string of the molecule is CCc1cccc(CC)c1Nc1nc(Nc2cc3c(cc2OC)CCN(C)C3)nc2[nH]ccc12.NS(=O)[O-]. The standard InChI is InChI=1S/C27H32N6O.H3NO2S/c1-5-17-8-7-9-18(6-2)24(17)30-26-21-10-12-28-25(21)31-27(32-26)29-22-14-20-16-33(3)13-11-19(20)15-23(22)34-4;1-4(2)3/h7-10,12,14-15H,5-6,11,13,16H2,1-4H3,(H3,28,29,30,31,32);1H2,(H,2,3)/p-1. The number of nitrogens with two attached hydrogens (primary N) is 1. The van der Waals surface area contributed by atoms with Crippen LogP contribution in [0.3, 0.4) is 0 Å². The first-order valence-electron chi connectivity index (χ1n) is 12.5. The molecule has 202 valence electrons. The second-order valence-electron chi connectivity index (χ2n) is 9.11. The minimum absolute atomic E-state index is 0.520. The number of hydrogen-bond acceptors (Lipinski definition) is 8. The Morgan fingerprint density at radius 1 is 1.13 bits per heavy atom. The number of methoxy groups -OCH3 is 1. The number of hydrogen-bond donors (Lipinski definition) is 4. The Hall–Kier alpha value is -3.51. The molecule has 0 saturated carbocycles. The van der Waals surface area contributed by atoms with Crippen molar-refractivity contribution in [2.45, 2.75) is 39.7 Å². The Morgan fingerprint density at radius 2 is 1.84 bits per heavy atom. The molecule has 2 aromatic carbocycles. The number of anilines is 4. The summed E-state index contributed by atoms with van der Waals surface area (Å²) >= 11 is -2.36. The Kier molecular flexibility index (Phi) is 8.95. The highest BCUT2D eigenvalue weighted by atomic mass is 32.2. The molecule has 4 aromatic rings. The monoisotopic (exact) mass is 536 g/mol. The summed E-state index contributed by atoms with van der Waals surface area (Å²) in [7, 11) is 3.86. The van der Waals surface area contributed by atoms with Crippen LogP contribution in [0.15, 0.2) is 42.6 Å². The first-order valence-corrected chi connectivity index (χ1v) is 13.7. The fourth-order valence-corrected chi connectivity index (χ4v) is 4.73. The Labute approximate surface area is 225 Å². The molecule has 0 fully saturated rings. The molecule has 0 bridgehead atoms. The van der Waals surface area contributed by atoms with Gasteiger partial charge in [0.1, 0.15) is 17.2 Å². The number of H-pyrrole nitrogens is 1. The minimum Gasteiger partial charge on any atom is -0.760 e. The van der Waals surface area contributed by atoms with Gasteiger partial charge in [0.2, 0.25) is 5.95 Å². The number of ether oxygens (including phenoxy) is 1. The molecule has 0 spiro atoms. The maximum absolute atomic E-state index is 8.78. The van der Waals surface area contributed by atoms with Crippen LogP contribution >= 0.6 is 0 Å². The summed E-state index contributed by atoms with van der Waals surface area (Å²) in [4.78, 5) is 15.2. The van der Waals surface area contributed by atoms with Gasteiger partial charge < -0.3 is 29.8 Å². The van der Waals surface area contributed by atoms with Gasteiger partial charge in [0.05, 0.1) is 18.2 Å². The highest BCUT2D eigenvalue weighted by molar-refractivity contribution is 7.76. The van der Waals surface area contributed by atoms with Crippen LogP contribution in [0.1, 0.15) is 36.1 Å². The molecule has 11 heteroatoms. The molecule has 1 unspecified atom stereocenters. The molecule has 5 N–H and O–H groups in total. The topological polar surface area (TPSA) is 144 Å². The molecule has 0 amide bonds. The average molecular weight is 537 g/mol. The number of aromatic nitrogens is 3. The normalized spacial score (nSPS) is 13.8. The lowest BCUT2D eigenvalue weighted by molar-refractivity contribution is 0.312. The lowest BCUT2D eigenvalue weighted by atomic mass is 9.99. The van der Waals surface area contributed by atoms with E-state index in [1.807, 2.05) is 12.3 Å². The van der Waals surface area contributed by atoms with E-state index in [1.165, 1.54) is 22.3 Å². The molecule has 1 aliphatic rings. The molecule has 3 heterocycles. The number of fused-ring (bicyclic) bond motifs is 2. The van der Waals surface area contributed by atoms with E-state index in [0.29, 0.717) is 5.95 Å². The van der Waals surface area contributed by atoms with E-state index in [4.69, 9.17) is 23.5 Å². The van der Waals surface area contributed by atoms with Gasteiger partial charge in [-0.25, -0.2) is 0 Å². The Bertz CT molecular complexity index is 1410. The number of nitrogens with zero attached hydrogens (tertiary/aromatic N) is 3. The number of likely N-dealkylation sites (N-methyl/N-ethyl adjacent to an activating group) is 1. The lowest BCUT2D eigenvalue weighted by Crippen LogP contribution is -2.26. The van der Waals surface area contributed by atoms with Crippen molar-refractivity contribution in [1.82, 2.24) is 19.9 Å². The molecule has 38 heavy (non-hydrogen) atoms. The molecule has 0 aliphatic carbocycles. The third kappa shape index (κ3) is 6.30. The summed E-state index contributed by atoms with van der Waals surface area (Å²) in [5.74, 6) is 2.10. The third-order valence-electron chi connectivity index (χ3n) is 6.63. The Balaban J connectivity index is 0.000000786. The molecule has 1 aliphatic heterocycles. The zero-order chi connectivity index (χ0) is 27.2. The number of aryl methyl sites for hydroxylation is 2. The van der Waals surface area contributed by atoms with Crippen LogP contribution in [0.5, 0.6) is 5.75 Å². The molecule has 2 aromatic heterocycles. The molecule has 5 rings (SSSR count). The molecule has 10 nitrogen and oxygen atoms in total. The van der Waals surface area contributed by atoms with Crippen molar-refractivity contribution in [1.29, 1.82) is 0 Å². The van der Waals surface area contributed by atoms with E-state index in [9.17, 15) is 0 Å². The number of aromatic amines is 1. The summed E-state index contributed by atoms with van der Waals surface area (Å²) in [6.45, 7) is 6.34. The van der Waals surface area contributed by atoms with Gasteiger partial charge in [-0.15, -0.1) is 0 Å². The molecular weight excluding hydrogens is 502 g/mol. The predicted molar refractivity (Wildman–Crippen MR) is 152 cm³/mol. The number of rotatable bonds is 7. The van der Waals surface area contributed by atoms with Crippen molar-refractivity contribution < 1.29 is 13.5 Å². The summed E-state index contributed by atoms with van der Waals surface area (Å²) in [5, 5.41) is 12.0. The van der Waals surface area contributed by atoms with E-state index in [2.05, 4.69) is 76.9 Å². The fraction of sp³-hybridized carbons (Fsp3) is 0.333. The average Bonchev–Trinajstić information content (AvgIpc) is 3.37. The molecule has 0 radical (unpaired) electrons. The summed E-state index contributed by atoms with van der Waals surface area (Å²) in [6, 6.07) is 12.8. The van der Waals surface area contributed by atoms with Crippen LogP contribution in [0, 0.1) is 0 Å². The van der Waals surface area contributed by atoms with Gasteiger partial charge in [0.15, 0.2) is 0 Å². The van der Waals surface area contributed by atoms with Crippen LogP contribution in [0.4, 0.5) is 23.1 Å². The highest BCUT2D eigenvalue weighted by Crippen LogP contribution is 2.34. The zero-order valence-corrected chi connectivity index (χ0v) is 22.9. The highest BCUT2D eigenvalue weighted by Gasteiger charge is 2.18. The number of para-hydroxylation sites is 1. The van der Waals surface area contributed by atoms with Crippen molar-refractivity contribution in [3.05, 3.63) is 64.8 Å². The van der Waals surface area contributed by atoms with Crippen molar-refractivity contribution in [2.24, 2.45) is 5.14 Å². The number of benzene rings is 2. The van der Waals surface area contributed by atoms with Gasteiger partial charge in [0, 0.05) is 36.2 Å². The second-order valence-corrected chi connectivity index (χ2v) is 9.63. The third-order valence-corrected chi connectivity index (χ3v) is 6.63. The fourth-order valence-electron chi connectivity index (χ4n) is 4.73. The molecule has 0 saturated heterocycles. The van der Waals surface area contributed by atoms with Crippen LogP contribution in [-0.2, 0) is 37.1 Å².